The van der Waals surface area contributed by atoms with Crippen LogP contribution in [0.15, 0.2) is 24.3 Å². The van der Waals surface area contributed by atoms with E-state index in [4.69, 9.17) is 0 Å². The molecule has 0 spiro atoms. The van der Waals surface area contributed by atoms with Crippen molar-refractivity contribution in [1.29, 1.82) is 0 Å². The van der Waals surface area contributed by atoms with E-state index in [9.17, 15) is 50.8 Å². The van der Waals surface area contributed by atoms with E-state index >= 15 is 0 Å². The molecule has 0 aromatic carbocycles. The highest BCUT2D eigenvalue weighted by Gasteiger charge is 2.20. The number of nitrogens with one attached hydrogen (secondary N) is 1. The average Bonchev–Trinajstić information content (AvgIpc) is 2.95. The molecule has 0 amide bonds. The van der Waals surface area contributed by atoms with Gasteiger partial charge in [-0.25, -0.2) is 0 Å². The molecule has 0 aromatic rings. The van der Waals surface area contributed by atoms with Gasteiger partial charge in [0.1, 0.15) is 5.78 Å². The summed E-state index contributed by atoms with van der Waals surface area (Å²) < 4.78 is 0. The highest BCUT2D eigenvalue weighted by atomic mass is 16.3. The first-order valence-corrected chi connectivity index (χ1v) is 17.1. The molecule has 10 N–H and O–H groups in total. The summed E-state index contributed by atoms with van der Waals surface area (Å²) >= 11 is 0. The summed E-state index contributed by atoms with van der Waals surface area (Å²) in [7, 11) is 0. The Hall–Kier alpha value is -1.25. The number of carbonyl (C=O) groups is 1. The number of ketones is 1. The van der Waals surface area contributed by atoms with Crippen LogP contribution in [0.1, 0.15) is 116 Å². The Morgan fingerprint density at radius 3 is 1.64 bits per heavy atom. The molecular formula is C34H63NO10. The SMILES string of the molecule is CCC(=O)CC(O)CC(O)CC(O)/C=C/CC(O)CC(O)CC(O)CC(O)/C=C/CC(O)CC(O)CCCNC1CCCCC1. The predicted molar refractivity (Wildman–Crippen MR) is 173 cm³/mol. The lowest BCUT2D eigenvalue weighted by Crippen LogP contribution is -2.32. The van der Waals surface area contributed by atoms with Crippen molar-refractivity contribution in [3.8, 4) is 0 Å². The molecule has 1 saturated carbocycles. The molecule has 45 heavy (non-hydrogen) atoms. The zero-order valence-corrected chi connectivity index (χ0v) is 27.2. The minimum atomic E-state index is -1.01. The van der Waals surface area contributed by atoms with E-state index in [-0.39, 0.29) is 63.6 Å². The van der Waals surface area contributed by atoms with Gasteiger partial charge >= 0.3 is 0 Å². The highest BCUT2D eigenvalue weighted by molar-refractivity contribution is 5.78. The molecule has 9 unspecified atom stereocenters. The zero-order chi connectivity index (χ0) is 33.6. The summed E-state index contributed by atoms with van der Waals surface area (Å²) in [5.41, 5.74) is 0. The molecule has 0 radical (unpaired) electrons. The molecule has 1 rings (SSSR count). The fourth-order valence-electron chi connectivity index (χ4n) is 5.80. The number of carbonyl (C=O) groups excluding carboxylic acids is 1. The van der Waals surface area contributed by atoms with Crippen LogP contribution in [-0.4, -0.2) is 119 Å². The van der Waals surface area contributed by atoms with Gasteiger partial charge in [-0.3, -0.25) is 4.79 Å². The number of aliphatic hydroxyl groups excluding tert-OH is 9. The Kier molecular flexibility index (Phi) is 23.1. The lowest BCUT2D eigenvalue weighted by Gasteiger charge is -2.23. The molecule has 11 heteroatoms. The topological polar surface area (TPSA) is 211 Å². The first-order valence-electron chi connectivity index (χ1n) is 17.1. The van der Waals surface area contributed by atoms with Gasteiger partial charge in [0, 0.05) is 31.7 Å². The van der Waals surface area contributed by atoms with Gasteiger partial charge in [0.15, 0.2) is 0 Å². The van der Waals surface area contributed by atoms with Gasteiger partial charge < -0.3 is 51.3 Å². The molecule has 11 nitrogen and oxygen atoms in total. The molecule has 264 valence electrons. The maximum absolute atomic E-state index is 11.4. The third-order valence-electron chi connectivity index (χ3n) is 8.35. The van der Waals surface area contributed by atoms with Gasteiger partial charge in [-0.1, -0.05) is 50.5 Å². The quantitative estimate of drug-likeness (QED) is 0.0482. The van der Waals surface area contributed by atoms with Crippen LogP contribution in [0.5, 0.6) is 0 Å². The average molecular weight is 646 g/mol. The fraction of sp³-hybridized carbons (Fsp3) is 0.853. The van der Waals surface area contributed by atoms with Crippen molar-refractivity contribution in [3.05, 3.63) is 24.3 Å². The van der Waals surface area contributed by atoms with Crippen molar-refractivity contribution >= 4 is 5.78 Å². The maximum Gasteiger partial charge on any atom is 0.135 e. The zero-order valence-electron chi connectivity index (χ0n) is 27.2. The Morgan fingerprint density at radius 2 is 1.11 bits per heavy atom. The third kappa shape index (κ3) is 22.8. The molecule has 1 aliphatic carbocycles. The highest BCUT2D eigenvalue weighted by Crippen LogP contribution is 2.18. The van der Waals surface area contributed by atoms with Crippen molar-refractivity contribution in [1.82, 2.24) is 5.32 Å². The third-order valence-corrected chi connectivity index (χ3v) is 8.35. The lowest BCUT2D eigenvalue weighted by atomic mass is 9.95. The van der Waals surface area contributed by atoms with Crippen molar-refractivity contribution in [2.24, 2.45) is 0 Å². The van der Waals surface area contributed by atoms with E-state index in [1.54, 1.807) is 13.0 Å². The van der Waals surface area contributed by atoms with E-state index in [1.165, 1.54) is 50.3 Å². The molecule has 0 aliphatic heterocycles. The monoisotopic (exact) mass is 645 g/mol. The largest absolute Gasteiger partial charge is 0.393 e. The van der Waals surface area contributed by atoms with Gasteiger partial charge in [-0.15, -0.1) is 0 Å². The minimum absolute atomic E-state index is 0.0190. The van der Waals surface area contributed by atoms with E-state index in [1.807, 2.05) is 0 Å². The van der Waals surface area contributed by atoms with Crippen LogP contribution >= 0.6 is 0 Å². The fourth-order valence-corrected chi connectivity index (χ4v) is 5.80. The summed E-state index contributed by atoms with van der Waals surface area (Å²) in [6, 6.07) is 0.590. The predicted octanol–water partition coefficient (Wildman–Crippen LogP) is 1.54. The van der Waals surface area contributed by atoms with Crippen LogP contribution in [0.3, 0.4) is 0 Å². The number of hydrogen-bond acceptors (Lipinski definition) is 11. The number of Topliss-reactive ketones (excluding diaryl/α,β-unsaturated/α-hetero) is 1. The second-order valence-electron chi connectivity index (χ2n) is 13.0. The smallest absolute Gasteiger partial charge is 0.135 e. The van der Waals surface area contributed by atoms with Gasteiger partial charge in [0.25, 0.3) is 0 Å². The maximum atomic E-state index is 11.4. The Morgan fingerprint density at radius 1 is 0.644 bits per heavy atom. The first kappa shape index (κ1) is 41.8. The van der Waals surface area contributed by atoms with Crippen molar-refractivity contribution in [2.75, 3.05) is 6.54 Å². The molecule has 1 aliphatic rings. The molecular weight excluding hydrogens is 582 g/mol. The van der Waals surface area contributed by atoms with Crippen LogP contribution in [0.25, 0.3) is 0 Å². The molecule has 0 heterocycles. The molecule has 1 fully saturated rings. The minimum Gasteiger partial charge on any atom is -0.393 e. The van der Waals surface area contributed by atoms with E-state index < -0.39 is 54.9 Å². The molecule has 0 bridgehead atoms. The van der Waals surface area contributed by atoms with E-state index in [2.05, 4.69) is 5.32 Å². The van der Waals surface area contributed by atoms with Crippen LogP contribution in [-0.2, 0) is 4.79 Å². The van der Waals surface area contributed by atoms with Gasteiger partial charge in [0.05, 0.1) is 54.9 Å². The Balaban J connectivity index is 2.18. The van der Waals surface area contributed by atoms with Crippen molar-refractivity contribution in [3.63, 3.8) is 0 Å². The lowest BCUT2D eigenvalue weighted by molar-refractivity contribution is -0.121. The van der Waals surface area contributed by atoms with Crippen LogP contribution in [0, 0.1) is 0 Å². The molecule has 0 aromatic heterocycles. The van der Waals surface area contributed by atoms with Crippen molar-refractivity contribution < 1.29 is 50.8 Å². The summed E-state index contributed by atoms with van der Waals surface area (Å²) in [6.45, 7) is 2.56. The van der Waals surface area contributed by atoms with Crippen LogP contribution < -0.4 is 5.32 Å². The standard InChI is InChI=1S/C34H63NO10/c1-2-25(36)17-31(42)22-32(43)19-28(39)13-7-14-29(40)21-34(45)23-33(44)20-27(38)12-6-11-26(37)18-30(41)15-8-16-35-24-9-4-3-5-10-24/h6-7,12-13,24,26-35,37-45H,2-5,8-11,14-23H2,1H3/b12-6+,13-7+. The Bertz CT molecular complexity index is 806. The number of hydrogen-bond donors (Lipinski definition) is 10. The summed E-state index contributed by atoms with van der Waals surface area (Å²) in [5.74, 6) is -0.102. The Labute approximate surface area is 269 Å². The number of rotatable bonds is 26. The molecule has 9 atom stereocenters. The summed E-state index contributed by atoms with van der Waals surface area (Å²) in [5, 5.41) is 94.7. The normalized spacial score (nSPS) is 20.9. The molecule has 0 saturated heterocycles. The second kappa shape index (κ2) is 24.9. The van der Waals surface area contributed by atoms with Gasteiger partial charge in [-0.05, 0) is 70.8 Å². The van der Waals surface area contributed by atoms with E-state index in [0.29, 0.717) is 18.9 Å². The van der Waals surface area contributed by atoms with Crippen LogP contribution in [0.2, 0.25) is 0 Å². The summed E-state index contributed by atoms with van der Waals surface area (Å²) in [6.07, 6.45) is 6.37. The second-order valence-corrected chi connectivity index (χ2v) is 13.0. The van der Waals surface area contributed by atoms with Crippen LogP contribution in [0.4, 0.5) is 0 Å². The summed E-state index contributed by atoms with van der Waals surface area (Å²) in [4.78, 5) is 11.4. The van der Waals surface area contributed by atoms with E-state index in [0.717, 1.165) is 13.0 Å². The van der Waals surface area contributed by atoms with Gasteiger partial charge in [0.2, 0.25) is 0 Å². The van der Waals surface area contributed by atoms with Gasteiger partial charge in [-0.2, -0.15) is 0 Å². The number of aliphatic hydroxyl groups is 9. The van der Waals surface area contributed by atoms with Crippen molar-refractivity contribution in [2.45, 2.75) is 177 Å². The first-order chi connectivity index (χ1) is 21.4.